The molecule has 3 heteroatoms. The van der Waals surface area contributed by atoms with Crippen LogP contribution in [-0.4, -0.2) is 11.7 Å². The van der Waals surface area contributed by atoms with Crippen LogP contribution in [0.25, 0.3) is 0 Å². The van der Waals surface area contributed by atoms with Crippen LogP contribution in [0.15, 0.2) is 41.3 Å². The van der Waals surface area contributed by atoms with Gasteiger partial charge in [0, 0.05) is 10.6 Å². The molecule has 2 rings (SSSR count). The second-order valence-corrected chi connectivity index (χ2v) is 5.85. The molecule has 0 aliphatic rings. The van der Waals surface area contributed by atoms with Crippen molar-refractivity contribution in [3.63, 3.8) is 0 Å². The van der Waals surface area contributed by atoms with Crippen molar-refractivity contribution in [3.05, 3.63) is 64.5 Å². The lowest BCUT2D eigenvalue weighted by molar-refractivity contribution is 0.350. The number of thioether (sulfide) groups is 1. The van der Waals surface area contributed by atoms with E-state index in [0.29, 0.717) is 5.56 Å². The van der Waals surface area contributed by atoms with Gasteiger partial charge in [0.15, 0.2) is 0 Å². The Labute approximate surface area is 129 Å². The normalized spacial score (nSPS) is 10.1. The maximum absolute atomic E-state index is 13.6. The van der Waals surface area contributed by atoms with Gasteiger partial charge in [-0.25, -0.2) is 4.39 Å². The molecular weight excluding hydrogens is 283 g/mol. The summed E-state index contributed by atoms with van der Waals surface area (Å²) in [6.07, 6.45) is 0. The average molecular weight is 300 g/mol. The molecule has 2 aromatic carbocycles. The van der Waals surface area contributed by atoms with Gasteiger partial charge in [-0.3, -0.25) is 0 Å². The van der Waals surface area contributed by atoms with E-state index < -0.39 is 0 Å². The van der Waals surface area contributed by atoms with E-state index in [1.54, 1.807) is 23.9 Å². The highest BCUT2D eigenvalue weighted by atomic mass is 32.2. The Balaban J connectivity index is 2.15. The molecule has 0 aliphatic heterocycles. The molecule has 0 heterocycles. The predicted octanol–water partition coefficient (Wildman–Crippen LogP) is 4.08. The van der Waals surface area contributed by atoms with Crippen molar-refractivity contribution < 1.29 is 9.50 Å². The van der Waals surface area contributed by atoms with Crippen molar-refractivity contribution in [3.8, 4) is 11.8 Å². The molecule has 0 aromatic heterocycles. The third-order valence-electron chi connectivity index (χ3n) is 3.07. The largest absolute Gasteiger partial charge is 0.384 e. The summed E-state index contributed by atoms with van der Waals surface area (Å²) >= 11 is 1.73. The molecule has 0 spiro atoms. The molecule has 2 aromatic rings. The van der Waals surface area contributed by atoms with Crippen LogP contribution in [0, 0.1) is 31.5 Å². The molecule has 0 amide bonds. The van der Waals surface area contributed by atoms with Crippen LogP contribution in [0.1, 0.15) is 22.3 Å². The summed E-state index contributed by atoms with van der Waals surface area (Å²) in [7, 11) is 0. The van der Waals surface area contributed by atoms with Crippen molar-refractivity contribution in [2.45, 2.75) is 24.5 Å². The SMILES string of the molecule is Cc1ccc(C)c(SCc2ccc(F)c(C#CCO)c2)c1. The molecule has 1 nitrogen and oxygen atoms in total. The summed E-state index contributed by atoms with van der Waals surface area (Å²) in [5.41, 5.74) is 3.83. The molecular formula is C18H17FOS. The first-order valence-electron chi connectivity index (χ1n) is 6.68. The lowest BCUT2D eigenvalue weighted by Crippen LogP contribution is -1.89. The average Bonchev–Trinajstić information content (AvgIpc) is 2.48. The second kappa shape index (κ2) is 7.31. The van der Waals surface area contributed by atoms with Gasteiger partial charge in [-0.2, -0.15) is 0 Å². The minimum atomic E-state index is -0.351. The van der Waals surface area contributed by atoms with E-state index >= 15 is 0 Å². The van der Waals surface area contributed by atoms with Crippen molar-refractivity contribution >= 4 is 11.8 Å². The Bertz CT molecular complexity index is 698. The number of hydrogen-bond donors (Lipinski definition) is 1. The van der Waals surface area contributed by atoms with Gasteiger partial charge >= 0.3 is 0 Å². The number of aryl methyl sites for hydroxylation is 2. The maximum Gasteiger partial charge on any atom is 0.138 e. The summed E-state index contributed by atoms with van der Waals surface area (Å²) in [6, 6.07) is 11.3. The third kappa shape index (κ3) is 4.35. The summed E-state index contributed by atoms with van der Waals surface area (Å²) in [5, 5.41) is 8.70. The topological polar surface area (TPSA) is 20.2 Å². The van der Waals surface area contributed by atoms with Crippen LogP contribution in [0.5, 0.6) is 0 Å². The van der Waals surface area contributed by atoms with Gasteiger partial charge in [0.25, 0.3) is 0 Å². The molecule has 0 saturated heterocycles. The first kappa shape index (κ1) is 15.6. The van der Waals surface area contributed by atoms with Crippen LogP contribution in [-0.2, 0) is 5.75 Å². The van der Waals surface area contributed by atoms with Crippen molar-refractivity contribution in [2.75, 3.05) is 6.61 Å². The van der Waals surface area contributed by atoms with Crippen LogP contribution < -0.4 is 0 Å². The number of benzene rings is 2. The first-order chi connectivity index (χ1) is 10.1. The Kier molecular flexibility index (Phi) is 5.44. The highest BCUT2D eigenvalue weighted by Crippen LogP contribution is 2.27. The molecule has 0 unspecified atom stereocenters. The lowest BCUT2D eigenvalue weighted by atomic mass is 10.1. The zero-order valence-electron chi connectivity index (χ0n) is 12.1. The fourth-order valence-electron chi connectivity index (χ4n) is 1.92. The molecule has 0 radical (unpaired) electrons. The quantitative estimate of drug-likeness (QED) is 0.681. The van der Waals surface area contributed by atoms with Crippen LogP contribution in [0.3, 0.4) is 0 Å². The Morgan fingerprint density at radius 1 is 1.14 bits per heavy atom. The van der Waals surface area contributed by atoms with Gasteiger partial charge in [0.05, 0.1) is 5.56 Å². The van der Waals surface area contributed by atoms with Gasteiger partial charge in [0.1, 0.15) is 12.4 Å². The minimum absolute atomic E-state index is 0.263. The summed E-state index contributed by atoms with van der Waals surface area (Å²) in [4.78, 5) is 1.24. The van der Waals surface area contributed by atoms with E-state index in [1.165, 1.54) is 22.1 Å². The van der Waals surface area contributed by atoms with E-state index in [0.717, 1.165) is 11.3 Å². The number of rotatable bonds is 3. The molecule has 0 saturated carbocycles. The van der Waals surface area contributed by atoms with Gasteiger partial charge in [-0.05, 0) is 43.2 Å². The maximum atomic E-state index is 13.6. The van der Waals surface area contributed by atoms with Gasteiger partial charge in [-0.15, -0.1) is 11.8 Å². The van der Waals surface area contributed by atoms with Crippen LogP contribution in [0.4, 0.5) is 4.39 Å². The Hall–Kier alpha value is -1.76. The molecule has 0 atom stereocenters. The smallest absolute Gasteiger partial charge is 0.138 e. The Morgan fingerprint density at radius 2 is 1.95 bits per heavy atom. The zero-order valence-corrected chi connectivity index (χ0v) is 12.9. The molecule has 0 bridgehead atoms. The summed E-state index contributed by atoms with van der Waals surface area (Å²) in [5.74, 6) is 5.53. The highest BCUT2D eigenvalue weighted by Gasteiger charge is 2.04. The third-order valence-corrected chi connectivity index (χ3v) is 4.30. The minimum Gasteiger partial charge on any atom is -0.384 e. The van der Waals surface area contributed by atoms with Gasteiger partial charge in [-0.1, -0.05) is 35.6 Å². The molecule has 0 fully saturated rings. The zero-order chi connectivity index (χ0) is 15.2. The fraction of sp³-hybridized carbons (Fsp3) is 0.222. The molecule has 108 valence electrons. The number of aliphatic hydroxyl groups excluding tert-OH is 1. The lowest BCUT2D eigenvalue weighted by Gasteiger charge is -2.07. The standard InChI is InChI=1S/C18H17FOS/c1-13-5-6-14(2)18(10-13)21-12-15-7-8-17(19)16(11-15)4-3-9-20/h5-8,10-11,20H,9,12H2,1-2H3. The van der Waals surface area contributed by atoms with E-state index in [1.807, 2.05) is 0 Å². The number of aliphatic hydroxyl groups is 1. The van der Waals surface area contributed by atoms with Gasteiger partial charge in [0.2, 0.25) is 0 Å². The van der Waals surface area contributed by atoms with E-state index in [-0.39, 0.29) is 12.4 Å². The number of hydrogen-bond acceptors (Lipinski definition) is 2. The van der Waals surface area contributed by atoms with Crippen LogP contribution in [0.2, 0.25) is 0 Å². The van der Waals surface area contributed by atoms with Crippen molar-refractivity contribution in [2.24, 2.45) is 0 Å². The van der Waals surface area contributed by atoms with Crippen molar-refractivity contribution in [1.29, 1.82) is 0 Å². The van der Waals surface area contributed by atoms with Crippen LogP contribution >= 0.6 is 11.8 Å². The van der Waals surface area contributed by atoms with E-state index in [4.69, 9.17) is 5.11 Å². The Morgan fingerprint density at radius 3 is 2.71 bits per heavy atom. The second-order valence-electron chi connectivity index (χ2n) is 4.83. The highest BCUT2D eigenvalue weighted by molar-refractivity contribution is 7.98. The van der Waals surface area contributed by atoms with Crippen molar-refractivity contribution in [1.82, 2.24) is 0 Å². The monoisotopic (exact) mass is 300 g/mol. The predicted molar refractivity (Wildman–Crippen MR) is 85.8 cm³/mol. The summed E-state index contributed by atoms with van der Waals surface area (Å²) in [6.45, 7) is 3.90. The first-order valence-corrected chi connectivity index (χ1v) is 7.67. The molecule has 21 heavy (non-hydrogen) atoms. The number of halogens is 1. The molecule has 1 N–H and O–H groups in total. The molecule has 0 aliphatic carbocycles. The fourth-order valence-corrected chi connectivity index (χ4v) is 2.98. The van der Waals surface area contributed by atoms with E-state index in [2.05, 4.69) is 43.9 Å². The van der Waals surface area contributed by atoms with Gasteiger partial charge < -0.3 is 5.11 Å². The van der Waals surface area contributed by atoms with E-state index in [9.17, 15) is 4.39 Å². The summed E-state index contributed by atoms with van der Waals surface area (Å²) < 4.78 is 13.6.